The Balaban J connectivity index is 2.61. The third-order valence-corrected chi connectivity index (χ3v) is 1.54. The molecule has 0 fully saturated rings. The van der Waals surface area contributed by atoms with Crippen molar-refractivity contribution >= 4 is 6.08 Å². The van der Waals surface area contributed by atoms with Crippen LogP contribution in [0.3, 0.4) is 0 Å². The SMILES string of the molecule is CC(C)(O)C#C/C=C\c1ccccc1. The smallest absolute Gasteiger partial charge is 0.120 e. The summed E-state index contributed by atoms with van der Waals surface area (Å²) in [6, 6.07) is 9.93. The first-order valence-electron chi connectivity index (χ1n) is 4.54. The Kier molecular flexibility index (Phi) is 3.50. The summed E-state index contributed by atoms with van der Waals surface area (Å²) in [6.45, 7) is 3.33. The molecule has 0 aliphatic rings. The molecular weight excluding hydrogens is 172 g/mol. The average molecular weight is 186 g/mol. The van der Waals surface area contributed by atoms with Crippen molar-refractivity contribution in [1.82, 2.24) is 0 Å². The van der Waals surface area contributed by atoms with Crippen LogP contribution in [0.15, 0.2) is 36.4 Å². The highest BCUT2D eigenvalue weighted by atomic mass is 16.3. The molecule has 0 saturated carbocycles. The van der Waals surface area contributed by atoms with Gasteiger partial charge in [0.2, 0.25) is 0 Å². The quantitative estimate of drug-likeness (QED) is 0.668. The lowest BCUT2D eigenvalue weighted by atomic mass is 10.1. The first kappa shape index (κ1) is 10.6. The highest BCUT2D eigenvalue weighted by molar-refractivity contribution is 5.52. The molecule has 1 aromatic rings. The summed E-state index contributed by atoms with van der Waals surface area (Å²) in [5, 5.41) is 9.31. The fourth-order valence-electron chi connectivity index (χ4n) is 0.920. The Labute approximate surface area is 85.1 Å². The predicted octanol–water partition coefficient (Wildman–Crippen LogP) is 2.47. The molecule has 1 N–H and O–H groups in total. The molecular formula is C13H14O. The molecule has 0 bridgehead atoms. The van der Waals surface area contributed by atoms with E-state index >= 15 is 0 Å². The minimum atomic E-state index is -0.916. The van der Waals surface area contributed by atoms with Gasteiger partial charge < -0.3 is 5.11 Å². The van der Waals surface area contributed by atoms with Crippen molar-refractivity contribution in [2.75, 3.05) is 0 Å². The molecule has 14 heavy (non-hydrogen) atoms. The van der Waals surface area contributed by atoms with Crippen molar-refractivity contribution in [2.24, 2.45) is 0 Å². The Morgan fingerprint density at radius 3 is 2.43 bits per heavy atom. The number of aliphatic hydroxyl groups is 1. The van der Waals surface area contributed by atoms with Gasteiger partial charge in [-0.25, -0.2) is 0 Å². The van der Waals surface area contributed by atoms with Crippen LogP contribution < -0.4 is 0 Å². The number of rotatable bonds is 1. The number of hydrogen-bond acceptors (Lipinski definition) is 1. The van der Waals surface area contributed by atoms with Crippen molar-refractivity contribution in [3.8, 4) is 11.8 Å². The average Bonchev–Trinajstić information content (AvgIpc) is 2.13. The van der Waals surface area contributed by atoms with Gasteiger partial charge in [0.05, 0.1) is 0 Å². The number of benzene rings is 1. The fraction of sp³-hybridized carbons (Fsp3) is 0.231. The van der Waals surface area contributed by atoms with Crippen molar-refractivity contribution in [2.45, 2.75) is 19.4 Å². The Hall–Kier alpha value is -1.52. The lowest BCUT2D eigenvalue weighted by Gasteiger charge is -2.04. The highest BCUT2D eigenvalue weighted by Crippen LogP contribution is 2.00. The summed E-state index contributed by atoms with van der Waals surface area (Å²) < 4.78 is 0. The second-order valence-corrected chi connectivity index (χ2v) is 3.57. The second kappa shape index (κ2) is 4.64. The van der Waals surface area contributed by atoms with E-state index in [-0.39, 0.29) is 0 Å². The monoisotopic (exact) mass is 186 g/mol. The maximum atomic E-state index is 9.31. The van der Waals surface area contributed by atoms with Crippen molar-refractivity contribution in [1.29, 1.82) is 0 Å². The van der Waals surface area contributed by atoms with E-state index in [4.69, 9.17) is 0 Å². The fourth-order valence-corrected chi connectivity index (χ4v) is 0.920. The van der Waals surface area contributed by atoms with Crippen LogP contribution in [0.2, 0.25) is 0 Å². The largest absolute Gasteiger partial charge is 0.378 e. The molecule has 0 heterocycles. The van der Waals surface area contributed by atoms with E-state index in [1.165, 1.54) is 0 Å². The summed E-state index contributed by atoms with van der Waals surface area (Å²) >= 11 is 0. The van der Waals surface area contributed by atoms with Crippen LogP contribution in [0.1, 0.15) is 19.4 Å². The van der Waals surface area contributed by atoms with Crippen LogP contribution >= 0.6 is 0 Å². The van der Waals surface area contributed by atoms with E-state index in [1.54, 1.807) is 19.9 Å². The van der Waals surface area contributed by atoms with Gasteiger partial charge in [0.1, 0.15) is 5.60 Å². The van der Waals surface area contributed by atoms with E-state index in [2.05, 4.69) is 11.8 Å². The highest BCUT2D eigenvalue weighted by Gasteiger charge is 2.04. The number of allylic oxidation sites excluding steroid dienone is 1. The lowest BCUT2D eigenvalue weighted by molar-refractivity contribution is 0.143. The molecule has 0 amide bonds. The Bertz CT molecular complexity index is 358. The van der Waals surface area contributed by atoms with Crippen LogP contribution in [0, 0.1) is 11.8 Å². The van der Waals surface area contributed by atoms with E-state index in [9.17, 15) is 5.11 Å². The van der Waals surface area contributed by atoms with Gasteiger partial charge in [-0.1, -0.05) is 42.2 Å². The zero-order valence-corrected chi connectivity index (χ0v) is 8.49. The van der Waals surface area contributed by atoms with Crippen LogP contribution in [-0.2, 0) is 0 Å². The summed E-state index contributed by atoms with van der Waals surface area (Å²) in [7, 11) is 0. The van der Waals surface area contributed by atoms with Gasteiger partial charge in [0.25, 0.3) is 0 Å². The van der Waals surface area contributed by atoms with Crippen molar-refractivity contribution in [3.05, 3.63) is 42.0 Å². The van der Waals surface area contributed by atoms with Gasteiger partial charge in [0, 0.05) is 0 Å². The van der Waals surface area contributed by atoms with E-state index in [0.717, 1.165) is 5.56 Å². The van der Waals surface area contributed by atoms with Gasteiger partial charge in [-0.05, 0) is 31.6 Å². The maximum Gasteiger partial charge on any atom is 0.120 e. The Morgan fingerprint density at radius 2 is 1.86 bits per heavy atom. The molecule has 0 unspecified atom stereocenters. The lowest BCUT2D eigenvalue weighted by Crippen LogP contribution is -2.14. The van der Waals surface area contributed by atoms with Crippen LogP contribution in [-0.4, -0.2) is 10.7 Å². The normalized spacial score (nSPS) is 11.1. The van der Waals surface area contributed by atoms with Crippen LogP contribution in [0.25, 0.3) is 6.08 Å². The summed E-state index contributed by atoms with van der Waals surface area (Å²) in [6.07, 6.45) is 3.66. The maximum absolute atomic E-state index is 9.31. The minimum Gasteiger partial charge on any atom is -0.378 e. The van der Waals surface area contributed by atoms with Gasteiger partial charge in [-0.2, -0.15) is 0 Å². The molecule has 1 heteroatoms. The summed E-state index contributed by atoms with van der Waals surface area (Å²) in [4.78, 5) is 0. The molecule has 0 aromatic heterocycles. The van der Waals surface area contributed by atoms with E-state index < -0.39 is 5.60 Å². The molecule has 72 valence electrons. The molecule has 0 aliphatic carbocycles. The number of hydrogen-bond donors (Lipinski definition) is 1. The van der Waals surface area contributed by atoms with Crippen molar-refractivity contribution < 1.29 is 5.11 Å². The van der Waals surface area contributed by atoms with Crippen LogP contribution in [0.4, 0.5) is 0 Å². The van der Waals surface area contributed by atoms with E-state index in [1.807, 2.05) is 36.4 Å². The second-order valence-electron chi connectivity index (χ2n) is 3.57. The molecule has 0 spiro atoms. The summed E-state index contributed by atoms with van der Waals surface area (Å²) in [5.74, 6) is 5.50. The third kappa shape index (κ3) is 4.49. The zero-order valence-electron chi connectivity index (χ0n) is 8.49. The van der Waals surface area contributed by atoms with Crippen molar-refractivity contribution in [3.63, 3.8) is 0 Å². The molecule has 0 saturated heterocycles. The molecule has 0 radical (unpaired) electrons. The molecule has 0 aliphatic heterocycles. The molecule has 1 aromatic carbocycles. The molecule has 0 atom stereocenters. The van der Waals surface area contributed by atoms with Gasteiger partial charge in [-0.3, -0.25) is 0 Å². The topological polar surface area (TPSA) is 20.2 Å². The third-order valence-electron chi connectivity index (χ3n) is 1.54. The zero-order chi connectivity index (χ0) is 10.4. The molecule has 1 nitrogen and oxygen atoms in total. The minimum absolute atomic E-state index is 0.916. The standard InChI is InChI=1S/C13H14O/c1-13(2,14)11-7-6-10-12-8-4-3-5-9-12/h3-6,8-10,14H,1-2H3/b10-6-. The Morgan fingerprint density at radius 1 is 1.21 bits per heavy atom. The summed E-state index contributed by atoms with van der Waals surface area (Å²) in [5.41, 5.74) is 0.193. The van der Waals surface area contributed by atoms with Gasteiger partial charge >= 0.3 is 0 Å². The van der Waals surface area contributed by atoms with E-state index in [0.29, 0.717) is 0 Å². The predicted molar refractivity (Wildman–Crippen MR) is 59.5 cm³/mol. The van der Waals surface area contributed by atoms with Gasteiger partial charge in [-0.15, -0.1) is 0 Å². The first-order chi connectivity index (χ1) is 6.58. The first-order valence-corrected chi connectivity index (χ1v) is 4.54. The van der Waals surface area contributed by atoms with Crippen LogP contribution in [0.5, 0.6) is 0 Å². The molecule has 1 rings (SSSR count). The van der Waals surface area contributed by atoms with Gasteiger partial charge in [0.15, 0.2) is 0 Å².